The third-order valence-electron chi connectivity index (χ3n) is 2.81. The van der Waals surface area contributed by atoms with Gasteiger partial charge in [0.2, 0.25) is 5.75 Å². The van der Waals surface area contributed by atoms with Crippen molar-refractivity contribution in [2.45, 2.75) is 13.0 Å². The van der Waals surface area contributed by atoms with Gasteiger partial charge in [0, 0.05) is 21.1 Å². The van der Waals surface area contributed by atoms with E-state index in [2.05, 4.69) is 31.9 Å². The molecule has 2 rings (SSSR count). The van der Waals surface area contributed by atoms with Gasteiger partial charge in [0.1, 0.15) is 5.75 Å². The van der Waals surface area contributed by atoms with E-state index in [1.165, 1.54) is 6.07 Å². The second-order valence-electron chi connectivity index (χ2n) is 4.44. The first kappa shape index (κ1) is 15.9. The maximum absolute atomic E-state index is 11.1. The topological polar surface area (TPSA) is 78.4 Å². The van der Waals surface area contributed by atoms with E-state index in [0.717, 1.165) is 10.0 Å². The number of nitrogens with two attached hydrogens (primary N) is 1. The minimum Gasteiger partial charge on any atom is -0.450 e. The zero-order chi connectivity index (χ0) is 15.6. The van der Waals surface area contributed by atoms with E-state index in [4.69, 9.17) is 10.5 Å². The van der Waals surface area contributed by atoms with Crippen LogP contribution in [-0.4, -0.2) is 4.92 Å². The number of nitro benzene ring substituents is 1. The Morgan fingerprint density at radius 1 is 1.24 bits per heavy atom. The number of hydrogen-bond acceptors (Lipinski definition) is 4. The summed E-state index contributed by atoms with van der Waals surface area (Å²) in [6.45, 7) is 1.88. The summed E-state index contributed by atoms with van der Waals surface area (Å²) in [6.07, 6.45) is 0. The van der Waals surface area contributed by atoms with Crippen LogP contribution in [0.5, 0.6) is 11.5 Å². The van der Waals surface area contributed by atoms with Crippen LogP contribution in [0.3, 0.4) is 0 Å². The van der Waals surface area contributed by atoms with Gasteiger partial charge in [-0.15, -0.1) is 0 Å². The van der Waals surface area contributed by atoms with Crippen molar-refractivity contribution in [2.75, 3.05) is 0 Å². The lowest BCUT2D eigenvalue weighted by molar-refractivity contribution is -0.385. The number of ether oxygens (including phenoxy) is 1. The molecule has 7 heteroatoms. The summed E-state index contributed by atoms with van der Waals surface area (Å²) >= 11 is 6.62. The van der Waals surface area contributed by atoms with Crippen LogP contribution in [0.4, 0.5) is 5.69 Å². The first-order valence-corrected chi connectivity index (χ1v) is 7.64. The first-order valence-electron chi connectivity index (χ1n) is 6.05. The van der Waals surface area contributed by atoms with Gasteiger partial charge < -0.3 is 10.5 Å². The molecule has 0 heterocycles. The van der Waals surface area contributed by atoms with Crippen molar-refractivity contribution in [2.24, 2.45) is 5.73 Å². The van der Waals surface area contributed by atoms with E-state index >= 15 is 0 Å². The third kappa shape index (κ3) is 3.81. The van der Waals surface area contributed by atoms with Crippen LogP contribution in [0.1, 0.15) is 18.5 Å². The molecule has 0 aliphatic rings. The molecule has 0 saturated heterocycles. The fraction of sp³-hybridized carbons (Fsp3) is 0.143. The molecular weight excluding hydrogens is 404 g/mol. The van der Waals surface area contributed by atoms with Crippen molar-refractivity contribution in [3.8, 4) is 11.5 Å². The van der Waals surface area contributed by atoms with Crippen LogP contribution in [-0.2, 0) is 0 Å². The van der Waals surface area contributed by atoms with Gasteiger partial charge in [-0.05, 0) is 36.8 Å². The zero-order valence-corrected chi connectivity index (χ0v) is 14.2. The highest BCUT2D eigenvalue weighted by molar-refractivity contribution is 9.10. The maximum Gasteiger partial charge on any atom is 0.312 e. The standard InChI is InChI=1S/C14H12Br2N2O3/c1-8(17)11-4-3-10(7-12(11)16)21-14-5-2-9(15)6-13(14)18(19)20/h2-8H,17H2,1H3/t8-/m0/s1. The Balaban J connectivity index is 2.35. The molecule has 0 unspecified atom stereocenters. The van der Waals surface area contributed by atoms with Crippen molar-refractivity contribution in [1.29, 1.82) is 0 Å². The number of hydrogen-bond donors (Lipinski definition) is 1. The van der Waals surface area contributed by atoms with Crippen molar-refractivity contribution in [3.05, 3.63) is 61.0 Å². The highest BCUT2D eigenvalue weighted by atomic mass is 79.9. The lowest BCUT2D eigenvalue weighted by Crippen LogP contribution is -2.05. The Morgan fingerprint density at radius 3 is 2.52 bits per heavy atom. The summed E-state index contributed by atoms with van der Waals surface area (Å²) in [5.74, 6) is 0.681. The Hall–Kier alpha value is -1.44. The molecule has 0 fully saturated rings. The molecule has 21 heavy (non-hydrogen) atoms. The van der Waals surface area contributed by atoms with E-state index in [9.17, 15) is 10.1 Å². The van der Waals surface area contributed by atoms with Crippen molar-refractivity contribution in [1.82, 2.24) is 0 Å². The van der Waals surface area contributed by atoms with E-state index in [1.54, 1.807) is 24.3 Å². The van der Waals surface area contributed by atoms with Gasteiger partial charge in [-0.2, -0.15) is 0 Å². The van der Waals surface area contributed by atoms with Crippen LogP contribution in [0.25, 0.3) is 0 Å². The number of nitro groups is 1. The monoisotopic (exact) mass is 414 g/mol. The summed E-state index contributed by atoms with van der Waals surface area (Å²) in [6, 6.07) is 9.83. The molecule has 0 radical (unpaired) electrons. The van der Waals surface area contributed by atoms with E-state index in [1.807, 2.05) is 13.0 Å². The molecule has 2 aromatic carbocycles. The zero-order valence-electron chi connectivity index (χ0n) is 11.0. The molecule has 0 aromatic heterocycles. The largest absolute Gasteiger partial charge is 0.450 e. The fourth-order valence-electron chi connectivity index (χ4n) is 1.79. The molecule has 2 aromatic rings. The van der Waals surface area contributed by atoms with Crippen molar-refractivity contribution in [3.63, 3.8) is 0 Å². The fourth-order valence-corrected chi connectivity index (χ4v) is 2.85. The predicted molar refractivity (Wildman–Crippen MR) is 87.6 cm³/mol. The Labute approximate surface area is 138 Å². The van der Waals surface area contributed by atoms with E-state index in [0.29, 0.717) is 10.2 Å². The smallest absolute Gasteiger partial charge is 0.312 e. The minimum absolute atomic E-state index is 0.100. The summed E-state index contributed by atoms with van der Waals surface area (Å²) in [4.78, 5) is 10.6. The molecule has 0 aliphatic heterocycles. The van der Waals surface area contributed by atoms with Crippen molar-refractivity contribution >= 4 is 37.5 Å². The quantitative estimate of drug-likeness (QED) is 0.567. The third-order valence-corrected chi connectivity index (χ3v) is 3.99. The molecule has 0 spiro atoms. The van der Waals surface area contributed by atoms with Crippen LogP contribution in [0, 0.1) is 10.1 Å². The number of rotatable bonds is 4. The highest BCUT2D eigenvalue weighted by Crippen LogP contribution is 2.35. The number of benzene rings is 2. The van der Waals surface area contributed by atoms with Crippen LogP contribution in [0.15, 0.2) is 45.3 Å². The Bertz CT molecular complexity index is 690. The SMILES string of the molecule is C[C@H](N)c1ccc(Oc2ccc(Br)cc2[N+](=O)[O-])cc1Br. The predicted octanol–water partition coefficient (Wildman–Crippen LogP) is 4.93. The molecule has 0 bridgehead atoms. The number of halogens is 2. The van der Waals surface area contributed by atoms with Crippen LogP contribution >= 0.6 is 31.9 Å². The molecule has 1 atom stereocenters. The van der Waals surface area contributed by atoms with Gasteiger partial charge in [-0.1, -0.05) is 37.9 Å². The average molecular weight is 416 g/mol. The van der Waals surface area contributed by atoms with Gasteiger partial charge in [-0.3, -0.25) is 10.1 Å². The second-order valence-corrected chi connectivity index (χ2v) is 6.21. The van der Waals surface area contributed by atoms with E-state index < -0.39 is 4.92 Å². The van der Waals surface area contributed by atoms with Gasteiger partial charge in [-0.25, -0.2) is 0 Å². The summed E-state index contributed by atoms with van der Waals surface area (Å²) in [7, 11) is 0. The van der Waals surface area contributed by atoms with E-state index in [-0.39, 0.29) is 17.5 Å². The first-order chi connectivity index (χ1) is 9.88. The average Bonchev–Trinajstić information content (AvgIpc) is 2.40. The summed E-state index contributed by atoms with van der Waals surface area (Å²) in [5.41, 5.74) is 6.67. The molecule has 5 nitrogen and oxygen atoms in total. The Kier molecular flexibility index (Phi) is 4.97. The molecule has 0 aliphatic carbocycles. The molecule has 0 saturated carbocycles. The van der Waals surface area contributed by atoms with Gasteiger partial charge in [0.15, 0.2) is 0 Å². The van der Waals surface area contributed by atoms with Gasteiger partial charge in [0.05, 0.1) is 4.92 Å². The molecule has 110 valence electrons. The summed E-state index contributed by atoms with van der Waals surface area (Å²) < 4.78 is 7.03. The lowest BCUT2D eigenvalue weighted by Gasteiger charge is -2.11. The van der Waals surface area contributed by atoms with Crippen LogP contribution in [0.2, 0.25) is 0 Å². The molecule has 2 N–H and O–H groups in total. The minimum atomic E-state index is -0.481. The normalized spacial score (nSPS) is 12.0. The van der Waals surface area contributed by atoms with Crippen LogP contribution < -0.4 is 10.5 Å². The lowest BCUT2D eigenvalue weighted by atomic mass is 10.1. The number of nitrogens with zero attached hydrogens (tertiary/aromatic N) is 1. The molecule has 0 amide bonds. The maximum atomic E-state index is 11.1. The Morgan fingerprint density at radius 2 is 1.95 bits per heavy atom. The second kappa shape index (κ2) is 6.55. The van der Waals surface area contributed by atoms with Gasteiger partial charge in [0.25, 0.3) is 0 Å². The van der Waals surface area contributed by atoms with Crippen molar-refractivity contribution < 1.29 is 9.66 Å². The summed E-state index contributed by atoms with van der Waals surface area (Å²) in [5, 5.41) is 11.1. The molecular formula is C14H12Br2N2O3. The van der Waals surface area contributed by atoms with Gasteiger partial charge >= 0.3 is 5.69 Å². The highest BCUT2D eigenvalue weighted by Gasteiger charge is 2.17.